The molecule has 0 spiro atoms. The molecule has 0 saturated carbocycles. The van der Waals surface area contributed by atoms with E-state index >= 15 is 0 Å². The first-order valence-electron chi connectivity index (χ1n) is 20.8. The molecule has 0 aliphatic heterocycles. The summed E-state index contributed by atoms with van der Waals surface area (Å²) in [6, 6.07) is 90.8. The summed E-state index contributed by atoms with van der Waals surface area (Å²) < 4.78 is 0. The zero-order valence-electron chi connectivity index (χ0n) is 33.1. The van der Waals surface area contributed by atoms with Crippen LogP contribution in [0.4, 0.5) is 17.1 Å². The molecule has 1 aliphatic carbocycles. The molecule has 0 N–H and O–H groups in total. The standard InChI is InChI=1S/C59H41N/c1-4-20-47(21-5-1)59(48-22-6-2-7-23-48)56-31-13-12-28-55(56)58-54(30-16-32-57(58)59)45-37-39-50(40-38-45)60(49-24-8-3-9-25-49)51-26-14-19-46(41-51)42-33-35-44(36-34-42)53-29-15-18-43-17-10-11-27-52(43)53/h1-41H. The van der Waals surface area contributed by atoms with E-state index in [1.54, 1.807) is 0 Å². The van der Waals surface area contributed by atoms with Gasteiger partial charge in [-0.1, -0.05) is 212 Å². The highest BCUT2D eigenvalue weighted by atomic mass is 15.1. The fourth-order valence-corrected chi connectivity index (χ4v) is 9.69. The SMILES string of the molecule is c1ccc(N(c2ccc(-c3cccc4c3-c3ccccc3C4(c3ccccc3)c3ccccc3)cc2)c2cccc(-c3ccc(-c4cccc5ccccc45)cc3)c2)cc1. The maximum absolute atomic E-state index is 2.36. The highest BCUT2D eigenvalue weighted by molar-refractivity contribution is 5.98. The number of para-hydroxylation sites is 1. The van der Waals surface area contributed by atoms with Gasteiger partial charge in [0.15, 0.2) is 0 Å². The number of nitrogens with zero attached hydrogens (tertiary/aromatic N) is 1. The van der Waals surface area contributed by atoms with E-state index in [4.69, 9.17) is 0 Å². The molecule has 1 aliphatic rings. The molecule has 0 aromatic heterocycles. The third kappa shape index (κ3) is 5.86. The molecule has 0 fully saturated rings. The Kier molecular flexibility index (Phi) is 8.79. The number of hydrogen-bond acceptors (Lipinski definition) is 1. The predicted molar refractivity (Wildman–Crippen MR) is 252 cm³/mol. The Morgan fingerprint density at radius 3 is 1.52 bits per heavy atom. The molecule has 1 nitrogen and oxygen atoms in total. The Morgan fingerprint density at radius 2 is 0.767 bits per heavy atom. The summed E-state index contributed by atoms with van der Waals surface area (Å²) in [7, 11) is 0. The van der Waals surface area contributed by atoms with Crippen LogP contribution >= 0.6 is 0 Å². The first kappa shape index (κ1) is 35.4. The van der Waals surface area contributed by atoms with Gasteiger partial charge in [0, 0.05) is 17.1 Å². The number of anilines is 3. The van der Waals surface area contributed by atoms with Crippen LogP contribution in [0.2, 0.25) is 0 Å². The summed E-state index contributed by atoms with van der Waals surface area (Å²) in [5.41, 5.74) is 17.9. The van der Waals surface area contributed by atoms with Gasteiger partial charge in [-0.05, 0) is 114 Å². The van der Waals surface area contributed by atoms with Crippen LogP contribution in [-0.4, -0.2) is 0 Å². The molecule has 0 unspecified atom stereocenters. The Morgan fingerprint density at radius 1 is 0.283 bits per heavy atom. The highest BCUT2D eigenvalue weighted by Gasteiger charge is 2.46. The van der Waals surface area contributed by atoms with E-state index in [9.17, 15) is 0 Å². The van der Waals surface area contributed by atoms with Gasteiger partial charge in [-0.2, -0.15) is 0 Å². The van der Waals surface area contributed by atoms with Gasteiger partial charge in [-0.3, -0.25) is 0 Å². The molecule has 0 amide bonds. The summed E-state index contributed by atoms with van der Waals surface area (Å²) in [6.45, 7) is 0. The second kappa shape index (κ2) is 14.9. The summed E-state index contributed by atoms with van der Waals surface area (Å²) in [6.07, 6.45) is 0. The molecule has 282 valence electrons. The van der Waals surface area contributed by atoms with Crippen LogP contribution in [0.5, 0.6) is 0 Å². The lowest BCUT2D eigenvalue weighted by molar-refractivity contribution is 0.768. The molecule has 0 radical (unpaired) electrons. The number of benzene rings is 10. The quantitative estimate of drug-likeness (QED) is 0.149. The van der Waals surface area contributed by atoms with E-state index < -0.39 is 5.41 Å². The first-order chi connectivity index (χ1) is 29.8. The average Bonchev–Trinajstić information content (AvgIpc) is 3.64. The van der Waals surface area contributed by atoms with Crippen LogP contribution in [0.1, 0.15) is 22.3 Å². The van der Waals surface area contributed by atoms with Crippen LogP contribution in [0.15, 0.2) is 249 Å². The molecule has 0 heterocycles. The van der Waals surface area contributed by atoms with Crippen molar-refractivity contribution in [3.05, 3.63) is 271 Å². The molecular weight excluding hydrogens is 723 g/mol. The van der Waals surface area contributed by atoms with Crippen molar-refractivity contribution in [2.24, 2.45) is 0 Å². The molecule has 0 saturated heterocycles. The maximum atomic E-state index is 2.36. The minimum absolute atomic E-state index is 0.435. The predicted octanol–water partition coefficient (Wildman–Crippen LogP) is 15.7. The topological polar surface area (TPSA) is 3.24 Å². The minimum Gasteiger partial charge on any atom is -0.310 e. The van der Waals surface area contributed by atoms with Crippen LogP contribution in [-0.2, 0) is 5.41 Å². The van der Waals surface area contributed by atoms with E-state index in [2.05, 4.69) is 254 Å². The van der Waals surface area contributed by atoms with Crippen molar-refractivity contribution in [2.45, 2.75) is 5.41 Å². The Labute approximate surface area is 352 Å². The Balaban J connectivity index is 0.987. The lowest BCUT2D eigenvalue weighted by atomic mass is 9.67. The van der Waals surface area contributed by atoms with Gasteiger partial charge in [-0.15, -0.1) is 0 Å². The zero-order valence-corrected chi connectivity index (χ0v) is 33.1. The van der Waals surface area contributed by atoms with Crippen molar-refractivity contribution in [1.82, 2.24) is 0 Å². The summed E-state index contributed by atoms with van der Waals surface area (Å²) in [5.74, 6) is 0. The average molecular weight is 764 g/mol. The lowest BCUT2D eigenvalue weighted by Crippen LogP contribution is -2.28. The fourth-order valence-electron chi connectivity index (χ4n) is 9.69. The number of fused-ring (bicyclic) bond motifs is 4. The molecule has 0 atom stereocenters. The second-order valence-electron chi connectivity index (χ2n) is 15.6. The van der Waals surface area contributed by atoms with Crippen molar-refractivity contribution < 1.29 is 0 Å². The molecule has 10 aromatic rings. The number of rotatable bonds is 8. The van der Waals surface area contributed by atoms with Crippen molar-refractivity contribution in [1.29, 1.82) is 0 Å². The van der Waals surface area contributed by atoms with E-state index in [0.717, 1.165) is 17.1 Å². The summed E-state index contributed by atoms with van der Waals surface area (Å²) >= 11 is 0. The Bertz CT molecular complexity index is 3070. The normalized spacial score (nSPS) is 12.5. The van der Waals surface area contributed by atoms with Crippen LogP contribution in [0.3, 0.4) is 0 Å². The van der Waals surface area contributed by atoms with Gasteiger partial charge >= 0.3 is 0 Å². The lowest BCUT2D eigenvalue weighted by Gasteiger charge is -2.34. The van der Waals surface area contributed by atoms with E-state index in [0.29, 0.717) is 0 Å². The summed E-state index contributed by atoms with van der Waals surface area (Å²) in [5, 5.41) is 2.53. The van der Waals surface area contributed by atoms with Crippen LogP contribution in [0, 0.1) is 0 Å². The monoisotopic (exact) mass is 763 g/mol. The van der Waals surface area contributed by atoms with Gasteiger partial charge in [0.25, 0.3) is 0 Å². The molecular formula is C59H41N. The number of hydrogen-bond donors (Lipinski definition) is 0. The van der Waals surface area contributed by atoms with Crippen molar-refractivity contribution >= 4 is 27.8 Å². The maximum Gasteiger partial charge on any atom is 0.0713 e. The second-order valence-corrected chi connectivity index (χ2v) is 15.6. The van der Waals surface area contributed by atoms with E-state index in [-0.39, 0.29) is 0 Å². The van der Waals surface area contributed by atoms with Crippen molar-refractivity contribution in [3.63, 3.8) is 0 Å². The van der Waals surface area contributed by atoms with Gasteiger partial charge in [0.2, 0.25) is 0 Å². The molecule has 11 rings (SSSR count). The van der Waals surface area contributed by atoms with Gasteiger partial charge < -0.3 is 4.90 Å². The third-order valence-electron chi connectivity index (χ3n) is 12.4. The molecule has 60 heavy (non-hydrogen) atoms. The van der Waals surface area contributed by atoms with Crippen molar-refractivity contribution in [2.75, 3.05) is 4.90 Å². The van der Waals surface area contributed by atoms with E-state index in [1.165, 1.54) is 77.5 Å². The largest absolute Gasteiger partial charge is 0.310 e. The smallest absolute Gasteiger partial charge is 0.0713 e. The van der Waals surface area contributed by atoms with Gasteiger partial charge in [0.05, 0.1) is 5.41 Å². The van der Waals surface area contributed by atoms with E-state index in [1.807, 2.05) is 0 Å². The zero-order chi connectivity index (χ0) is 39.9. The summed E-state index contributed by atoms with van der Waals surface area (Å²) in [4.78, 5) is 2.36. The van der Waals surface area contributed by atoms with Crippen LogP contribution < -0.4 is 4.90 Å². The van der Waals surface area contributed by atoms with Crippen molar-refractivity contribution in [3.8, 4) is 44.5 Å². The fraction of sp³-hybridized carbons (Fsp3) is 0.0169. The third-order valence-corrected chi connectivity index (χ3v) is 12.4. The Hall–Kier alpha value is -7.74. The highest BCUT2D eigenvalue weighted by Crippen LogP contribution is 2.58. The van der Waals surface area contributed by atoms with Gasteiger partial charge in [-0.25, -0.2) is 0 Å². The molecule has 1 heteroatoms. The minimum atomic E-state index is -0.435. The molecule has 10 aromatic carbocycles. The first-order valence-corrected chi connectivity index (χ1v) is 20.8. The van der Waals surface area contributed by atoms with Gasteiger partial charge in [0.1, 0.15) is 0 Å². The molecule has 0 bridgehead atoms. The van der Waals surface area contributed by atoms with Crippen LogP contribution in [0.25, 0.3) is 55.3 Å².